The monoisotopic (exact) mass is 532 g/mol. The van der Waals surface area contributed by atoms with Gasteiger partial charge in [0.1, 0.15) is 18.0 Å². The van der Waals surface area contributed by atoms with Crippen molar-refractivity contribution in [3.05, 3.63) is 59.4 Å². The van der Waals surface area contributed by atoms with Gasteiger partial charge in [0.25, 0.3) is 11.8 Å². The number of ether oxygens (including phenoxy) is 1. The van der Waals surface area contributed by atoms with E-state index in [-0.39, 0.29) is 23.3 Å². The molecule has 1 N–H and O–H groups in total. The predicted octanol–water partition coefficient (Wildman–Crippen LogP) is 3.65. The van der Waals surface area contributed by atoms with Gasteiger partial charge in [0.2, 0.25) is 10.0 Å². The van der Waals surface area contributed by atoms with Gasteiger partial charge in [-0.15, -0.1) is 0 Å². The van der Waals surface area contributed by atoms with Crippen LogP contribution in [0.5, 0.6) is 0 Å². The summed E-state index contributed by atoms with van der Waals surface area (Å²) < 4.78 is 106. The fourth-order valence-electron chi connectivity index (χ4n) is 4.66. The SMILES string of the molecule is CCS(=O)(=O)N[C@@H]1[C@H](Cc2cccc(-c3cccc(F)c3F)c2F)N(C(=O)[C@H]2CCCO2)CC1(F)F. The van der Waals surface area contributed by atoms with E-state index < -0.39 is 76.2 Å². The first-order valence-corrected chi connectivity index (χ1v) is 13.1. The maximum Gasteiger partial charge on any atom is 0.283 e. The molecular weight excluding hydrogens is 507 g/mol. The van der Waals surface area contributed by atoms with Crippen LogP contribution in [0.1, 0.15) is 25.3 Å². The standard InChI is InChI=1S/C24H25F5N2O4S/c1-2-36(33,34)30-22-18(31(13-24(22,28)29)23(32)19-10-5-11-35-19)12-14-6-3-7-15(20(14)26)16-8-4-9-17(25)21(16)27/h3-4,6-9,18-19,22,30H,2,5,10-13H2,1H3/t18-,19+,22+/m0/s1. The number of benzene rings is 2. The van der Waals surface area contributed by atoms with Crippen LogP contribution in [0.15, 0.2) is 36.4 Å². The molecule has 196 valence electrons. The summed E-state index contributed by atoms with van der Waals surface area (Å²) in [6, 6.07) is 3.61. The van der Waals surface area contributed by atoms with Gasteiger partial charge in [-0.05, 0) is 37.8 Å². The molecule has 0 spiro atoms. The van der Waals surface area contributed by atoms with Crippen LogP contribution in [0.4, 0.5) is 22.0 Å². The number of nitrogens with zero attached hydrogens (tertiary/aromatic N) is 1. The number of hydrogen-bond acceptors (Lipinski definition) is 4. The van der Waals surface area contributed by atoms with Crippen molar-refractivity contribution in [1.29, 1.82) is 0 Å². The predicted molar refractivity (Wildman–Crippen MR) is 121 cm³/mol. The Morgan fingerprint density at radius 2 is 1.78 bits per heavy atom. The fourth-order valence-corrected chi connectivity index (χ4v) is 5.54. The van der Waals surface area contributed by atoms with E-state index in [9.17, 15) is 22.0 Å². The normalized spacial score (nSPS) is 23.8. The summed E-state index contributed by atoms with van der Waals surface area (Å²) in [5.74, 6) is -8.31. The fraction of sp³-hybridized carbons (Fsp3) is 0.458. The van der Waals surface area contributed by atoms with Crippen molar-refractivity contribution >= 4 is 15.9 Å². The van der Waals surface area contributed by atoms with Crippen molar-refractivity contribution in [2.45, 2.75) is 50.3 Å². The first-order chi connectivity index (χ1) is 16.9. The molecule has 0 unspecified atom stereocenters. The van der Waals surface area contributed by atoms with E-state index in [1.165, 1.54) is 37.3 Å². The van der Waals surface area contributed by atoms with Crippen molar-refractivity contribution < 1.29 is 39.9 Å². The van der Waals surface area contributed by atoms with E-state index in [4.69, 9.17) is 4.74 Å². The average molecular weight is 533 g/mol. The molecule has 6 nitrogen and oxygen atoms in total. The lowest BCUT2D eigenvalue weighted by atomic mass is 9.95. The Labute approximate surface area is 205 Å². The molecule has 0 saturated carbocycles. The highest BCUT2D eigenvalue weighted by atomic mass is 32.2. The van der Waals surface area contributed by atoms with E-state index >= 15 is 13.2 Å². The van der Waals surface area contributed by atoms with Crippen LogP contribution in [0, 0.1) is 17.5 Å². The van der Waals surface area contributed by atoms with Crippen LogP contribution in [-0.2, 0) is 26.0 Å². The number of hydrogen-bond donors (Lipinski definition) is 1. The molecule has 2 aromatic carbocycles. The minimum absolute atomic E-state index is 0.162. The molecule has 2 fully saturated rings. The number of sulfonamides is 1. The molecule has 36 heavy (non-hydrogen) atoms. The Balaban J connectivity index is 1.74. The van der Waals surface area contributed by atoms with Crippen molar-refractivity contribution in [2.24, 2.45) is 0 Å². The number of halogens is 5. The Kier molecular flexibility index (Phi) is 7.40. The Bertz CT molecular complexity index is 1250. The highest BCUT2D eigenvalue weighted by molar-refractivity contribution is 7.89. The van der Waals surface area contributed by atoms with E-state index in [0.29, 0.717) is 12.8 Å². The zero-order valence-electron chi connectivity index (χ0n) is 19.3. The maximum atomic E-state index is 15.5. The lowest BCUT2D eigenvalue weighted by Crippen LogP contribution is -2.53. The van der Waals surface area contributed by atoms with Crippen molar-refractivity contribution in [1.82, 2.24) is 9.62 Å². The number of likely N-dealkylation sites (tertiary alicyclic amines) is 1. The Morgan fingerprint density at radius 1 is 1.11 bits per heavy atom. The first-order valence-electron chi connectivity index (χ1n) is 11.5. The summed E-state index contributed by atoms with van der Waals surface area (Å²) in [7, 11) is -4.12. The van der Waals surface area contributed by atoms with Crippen molar-refractivity contribution in [3.63, 3.8) is 0 Å². The number of carbonyl (C=O) groups excluding carboxylic acids is 1. The van der Waals surface area contributed by atoms with Gasteiger partial charge < -0.3 is 9.64 Å². The lowest BCUT2D eigenvalue weighted by molar-refractivity contribution is -0.143. The molecule has 2 aliphatic heterocycles. The second kappa shape index (κ2) is 10.1. The number of carbonyl (C=O) groups is 1. The molecule has 0 aromatic heterocycles. The molecule has 1 amide bonds. The minimum atomic E-state index is -4.12. The maximum absolute atomic E-state index is 15.5. The summed E-state index contributed by atoms with van der Waals surface area (Å²) in [6.45, 7) is 0.483. The van der Waals surface area contributed by atoms with E-state index in [0.717, 1.165) is 11.0 Å². The lowest BCUT2D eigenvalue weighted by Gasteiger charge is -2.30. The third-order valence-corrected chi connectivity index (χ3v) is 7.92. The molecule has 0 aliphatic carbocycles. The van der Waals surface area contributed by atoms with Gasteiger partial charge in [0, 0.05) is 17.7 Å². The van der Waals surface area contributed by atoms with Gasteiger partial charge in [0.05, 0.1) is 18.3 Å². The van der Waals surface area contributed by atoms with Gasteiger partial charge in [0.15, 0.2) is 11.6 Å². The second-order valence-corrected chi connectivity index (χ2v) is 10.9. The van der Waals surface area contributed by atoms with Crippen molar-refractivity contribution in [3.8, 4) is 11.1 Å². The van der Waals surface area contributed by atoms with E-state index in [1.807, 2.05) is 4.72 Å². The quantitative estimate of drug-likeness (QED) is 0.553. The second-order valence-electron chi connectivity index (χ2n) is 8.88. The first kappa shape index (κ1) is 26.5. The molecule has 2 aliphatic rings. The number of alkyl halides is 2. The molecule has 2 saturated heterocycles. The van der Waals surface area contributed by atoms with Crippen molar-refractivity contribution in [2.75, 3.05) is 18.9 Å². The van der Waals surface area contributed by atoms with Gasteiger partial charge in [-0.2, -0.15) is 0 Å². The largest absolute Gasteiger partial charge is 0.368 e. The third-order valence-electron chi connectivity index (χ3n) is 6.55. The van der Waals surface area contributed by atoms with Gasteiger partial charge in [-0.25, -0.2) is 35.1 Å². The molecule has 2 heterocycles. The minimum Gasteiger partial charge on any atom is -0.368 e. The molecule has 0 radical (unpaired) electrons. The summed E-state index contributed by atoms with van der Waals surface area (Å²) >= 11 is 0. The highest BCUT2D eigenvalue weighted by Gasteiger charge is 2.57. The van der Waals surface area contributed by atoms with Gasteiger partial charge in [-0.1, -0.05) is 30.3 Å². The van der Waals surface area contributed by atoms with Gasteiger partial charge in [-0.3, -0.25) is 4.79 Å². The number of amides is 1. The summed E-state index contributed by atoms with van der Waals surface area (Å²) in [5.41, 5.74) is -0.816. The summed E-state index contributed by atoms with van der Waals surface area (Å²) in [4.78, 5) is 13.9. The number of rotatable bonds is 7. The van der Waals surface area contributed by atoms with Gasteiger partial charge >= 0.3 is 0 Å². The van der Waals surface area contributed by atoms with Crippen LogP contribution in [0.3, 0.4) is 0 Å². The molecule has 4 rings (SSSR count). The van der Waals surface area contributed by atoms with Crippen LogP contribution in [-0.4, -0.2) is 62.2 Å². The van der Waals surface area contributed by atoms with Crippen LogP contribution >= 0.6 is 0 Å². The zero-order valence-corrected chi connectivity index (χ0v) is 20.1. The third kappa shape index (κ3) is 5.12. The molecule has 2 aromatic rings. The van der Waals surface area contributed by atoms with Crippen LogP contribution in [0.25, 0.3) is 11.1 Å². The highest BCUT2D eigenvalue weighted by Crippen LogP contribution is 2.37. The van der Waals surface area contributed by atoms with E-state index in [1.54, 1.807) is 0 Å². The molecular formula is C24H25F5N2O4S. The topological polar surface area (TPSA) is 75.7 Å². The Morgan fingerprint density at radius 3 is 2.42 bits per heavy atom. The Hall–Kier alpha value is -2.57. The molecule has 0 bridgehead atoms. The zero-order chi connectivity index (χ0) is 26.3. The molecule has 12 heteroatoms. The smallest absolute Gasteiger partial charge is 0.283 e. The molecule has 3 atom stereocenters. The summed E-state index contributed by atoms with van der Waals surface area (Å²) in [5, 5.41) is 0. The average Bonchev–Trinajstić information content (AvgIpc) is 3.45. The van der Waals surface area contributed by atoms with E-state index in [2.05, 4.69) is 0 Å². The van der Waals surface area contributed by atoms with Crippen LogP contribution < -0.4 is 4.72 Å². The van der Waals surface area contributed by atoms with Crippen LogP contribution in [0.2, 0.25) is 0 Å². The number of nitrogens with one attached hydrogen (secondary N) is 1. The summed E-state index contributed by atoms with van der Waals surface area (Å²) in [6.07, 6.45) is -0.571.